The SMILES string of the molecule is CC(=O)N1CCC(C)(C)c2ccc([C@@]3(C)C[C@@H]3CO)cc21. The number of carbonyl (C=O) groups is 1. The quantitative estimate of drug-likeness (QED) is 0.908. The lowest BCUT2D eigenvalue weighted by Crippen LogP contribution is -2.40. The zero-order valence-corrected chi connectivity index (χ0v) is 13.4. The van der Waals surface area contributed by atoms with Crippen LogP contribution in [0.3, 0.4) is 0 Å². The highest BCUT2D eigenvalue weighted by Crippen LogP contribution is 2.55. The van der Waals surface area contributed by atoms with Gasteiger partial charge in [-0.3, -0.25) is 4.79 Å². The van der Waals surface area contributed by atoms with Crippen LogP contribution in [0.4, 0.5) is 5.69 Å². The molecule has 2 atom stereocenters. The van der Waals surface area contributed by atoms with E-state index < -0.39 is 0 Å². The third kappa shape index (κ3) is 2.18. The lowest BCUT2D eigenvalue weighted by Gasteiger charge is -2.39. The van der Waals surface area contributed by atoms with Crippen LogP contribution in [0.1, 0.15) is 51.7 Å². The molecule has 1 aliphatic heterocycles. The zero-order valence-electron chi connectivity index (χ0n) is 13.4. The molecule has 1 aromatic rings. The molecule has 114 valence electrons. The second-order valence-electron chi connectivity index (χ2n) is 7.54. The van der Waals surface area contributed by atoms with Crippen molar-refractivity contribution in [3.63, 3.8) is 0 Å². The van der Waals surface area contributed by atoms with Crippen molar-refractivity contribution < 1.29 is 9.90 Å². The van der Waals surface area contributed by atoms with E-state index in [0.717, 1.165) is 25.1 Å². The molecule has 3 heteroatoms. The van der Waals surface area contributed by atoms with E-state index in [1.165, 1.54) is 11.1 Å². The van der Waals surface area contributed by atoms with Crippen LogP contribution in [-0.2, 0) is 15.6 Å². The van der Waals surface area contributed by atoms with Gasteiger partial charge in [-0.1, -0.05) is 32.9 Å². The number of aliphatic hydroxyl groups excluding tert-OH is 1. The number of carbonyl (C=O) groups excluding carboxylic acids is 1. The molecule has 0 saturated heterocycles. The lowest BCUT2D eigenvalue weighted by atomic mass is 9.76. The number of amides is 1. The van der Waals surface area contributed by atoms with Crippen LogP contribution in [-0.4, -0.2) is 24.2 Å². The van der Waals surface area contributed by atoms with Gasteiger partial charge < -0.3 is 10.0 Å². The van der Waals surface area contributed by atoms with E-state index >= 15 is 0 Å². The van der Waals surface area contributed by atoms with Gasteiger partial charge in [-0.15, -0.1) is 0 Å². The molecule has 0 radical (unpaired) electrons. The molecule has 1 fully saturated rings. The van der Waals surface area contributed by atoms with Crippen molar-refractivity contribution in [3.8, 4) is 0 Å². The monoisotopic (exact) mass is 287 g/mol. The van der Waals surface area contributed by atoms with Crippen LogP contribution in [0, 0.1) is 5.92 Å². The number of aliphatic hydroxyl groups is 1. The van der Waals surface area contributed by atoms with E-state index in [1.54, 1.807) is 6.92 Å². The van der Waals surface area contributed by atoms with Gasteiger partial charge in [0.1, 0.15) is 0 Å². The number of rotatable bonds is 2. The molecule has 1 aliphatic carbocycles. The Morgan fingerprint density at radius 3 is 2.67 bits per heavy atom. The van der Waals surface area contributed by atoms with Gasteiger partial charge in [0.2, 0.25) is 5.91 Å². The maximum atomic E-state index is 12.0. The summed E-state index contributed by atoms with van der Waals surface area (Å²) in [5.41, 5.74) is 3.77. The van der Waals surface area contributed by atoms with E-state index in [-0.39, 0.29) is 23.3 Å². The smallest absolute Gasteiger partial charge is 0.223 e. The Morgan fingerprint density at radius 1 is 1.38 bits per heavy atom. The molecule has 0 spiro atoms. The summed E-state index contributed by atoms with van der Waals surface area (Å²) in [5, 5.41) is 9.40. The molecule has 1 amide bonds. The third-order valence-electron chi connectivity index (χ3n) is 5.65. The van der Waals surface area contributed by atoms with Gasteiger partial charge in [0.25, 0.3) is 0 Å². The summed E-state index contributed by atoms with van der Waals surface area (Å²) in [4.78, 5) is 13.9. The van der Waals surface area contributed by atoms with Gasteiger partial charge in [-0.25, -0.2) is 0 Å². The molecule has 1 aromatic carbocycles. The fourth-order valence-corrected chi connectivity index (χ4v) is 3.73. The molecule has 1 heterocycles. The Labute approximate surface area is 127 Å². The maximum absolute atomic E-state index is 12.0. The molecule has 0 unspecified atom stereocenters. The highest BCUT2D eigenvalue weighted by molar-refractivity contribution is 5.93. The van der Waals surface area contributed by atoms with E-state index in [2.05, 4.69) is 39.0 Å². The second kappa shape index (κ2) is 4.57. The van der Waals surface area contributed by atoms with Crippen LogP contribution in [0.15, 0.2) is 18.2 Å². The van der Waals surface area contributed by atoms with Crippen molar-refractivity contribution in [1.29, 1.82) is 0 Å². The Bertz CT molecular complexity index is 593. The van der Waals surface area contributed by atoms with Crippen molar-refractivity contribution in [2.24, 2.45) is 5.92 Å². The van der Waals surface area contributed by atoms with E-state index in [0.29, 0.717) is 5.92 Å². The number of hydrogen-bond donors (Lipinski definition) is 1. The predicted octanol–water partition coefficient (Wildman–Crippen LogP) is 2.99. The summed E-state index contributed by atoms with van der Waals surface area (Å²) < 4.78 is 0. The van der Waals surface area contributed by atoms with Gasteiger partial charge in [-0.2, -0.15) is 0 Å². The largest absolute Gasteiger partial charge is 0.396 e. The van der Waals surface area contributed by atoms with Crippen LogP contribution in [0.5, 0.6) is 0 Å². The molecule has 2 aliphatic rings. The lowest BCUT2D eigenvalue weighted by molar-refractivity contribution is -0.116. The third-order valence-corrected chi connectivity index (χ3v) is 5.65. The van der Waals surface area contributed by atoms with Crippen LogP contribution in [0.25, 0.3) is 0 Å². The fraction of sp³-hybridized carbons (Fsp3) is 0.611. The van der Waals surface area contributed by atoms with Crippen LogP contribution >= 0.6 is 0 Å². The molecule has 21 heavy (non-hydrogen) atoms. The van der Waals surface area contributed by atoms with Gasteiger partial charge in [0, 0.05) is 25.8 Å². The molecular weight excluding hydrogens is 262 g/mol. The minimum atomic E-state index is 0.0772. The number of anilines is 1. The Hall–Kier alpha value is -1.35. The van der Waals surface area contributed by atoms with Crippen molar-refractivity contribution in [2.45, 2.75) is 51.4 Å². The first kappa shape index (κ1) is 14.6. The van der Waals surface area contributed by atoms with Gasteiger partial charge in [-0.05, 0) is 46.8 Å². The minimum Gasteiger partial charge on any atom is -0.396 e. The number of nitrogens with zero attached hydrogens (tertiary/aromatic N) is 1. The van der Waals surface area contributed by atoms with Crippen LogP contribution < -0.4 is 4.90 Å². The van der Waals surface area contributed by atoms with E-state index in [9.17, 15) is 9.90 Å². The van der Waals surface area contributed by atoms with Gasteiger partial charge in [0.05, 0.1) is 0 Å². The summed E-state index contributed by atoms with van der Waals surface area (Å²) in [6, 6.07) is 6.57. The van der Waals surface area contributed by atoms with E-state index in [1.807, 2.05) is 4.90 Å². The molecule has 3 rings (SSSR count). The standard InChI is InChI=1S/C18H25NO2/c1-12(21)19-8-7-17(2,3)15-6-5-13(9-16(15)19)18(4)10-14(18)11-20/h5-6,9,14,20H,7-8,10-11H2,1-4H3/t14-,18-/m1/s1. The minimum absolute atomic E-state index is 0.0772. The van der Waals surface area contributed by atoms with Gasteiger partial charge in [0.15, 0.2) is 0 Å². The summed E-state index contributed by atoms with van der Waals surface area (Å²) in [7, 11) is 0. The summed E-state index contributed by atoms with van der Waals surface area (Å²) in [6.45, 7) is 9.39. The summed E-state index contributed by atoms with van der Waals surface area (Å²) >= 11 is 0. The van der Waals surface area contributed by atoms with E-state index in [4.69, 9.17) is 0 Å². The van der Waals surface area contributed by atoms with Crippen molar-refractivity contribution in [1.82, 2.24) is 0 Å². The topological polar surface area (TPSA) is 40.5 Å². The first-order valence-corrected chi connectivity index (χ1v) is 7.83. The molecule has 0 bridgehead atoms. The fourth-order valence-electron chi connectivity index (χ4n) is 3.73. The summed E-state index contributed by atoms with van der Waals surface area (Å²) in [5.74, 6) is 0.474. The van der Waals surface area contributed by atoms with Crippen molar-refractivity contribution >= 4 is 11.6 Å². The highest BCUT2D eigenvalue weighted by atomic mass is 16.3. The molecule has 0 aromatic heterocycles. The number of hydrogen-bond acceptors (Lipinski definition) is 2. The predicted molar refractivity (Wildman–Crippen MR) is 84.7 cm³/mol. The van der Waals surface area contributed by atoms with Crippen molar-refractivity contribution in [3.05, 3.63) is 29.3 Å². The Balaban J connectivity index is 2.07. The average Bonchev–Trinajstić information content (AvgIpc) is 3.10. The van der Waals surface area contributed by atoms with Gasteiger partial charge >= 0.3 is 0 Å². The average molecular weight is 287 g/mol. The second-order valence-corrected chi connectivity index (χ2v) is 7.54. The Morgan fingerprint density at radius 2 is 2.10 bits per heavy atom. The maximum Gasteiger partial charge on any atom is 0.223 e. The van der Waals surface area contributed by atoms with Crippen LogP contribution in [0.2, 0.25) is 0 Å². The molecular formula is C18H25NO2. The molecule has 3 nitrogen and oxygen atoms in total. The number of fused-ring (bicyclic) bond motifs is 1. The first-order chi connectivity index (χ1) is 9.79. The number of benzene rings is 1. The van der Waals surface area contributed by atoms with Crippen molar-refractivity contribution in [2.75, 3.05) is 18.1 Å². The first-order valence-electron chi connectivity index (χ1n) is 7.83. The molecule has 1 N–H and O–H groups in total. The zero-order chi connectivity index (χ0) is 15.4. The molecule has 1 saturated carbocycles. The Kier molecular flexibility index (Phi) is 3.17. The normalized spacial score (nSPS) is 30.0. The highest BCUT2D eigenvalue weighted by Gasteiger charge is 2.51. The summed E-state index contributed by atoms with van der Waals surface area (Å²) in [6.07, 6.45) is 2.03.